The Morgan fingerprint density at radius 1 is 1.06 bits per heavy atom. The molecule has 1 aromatic heterocycles. The lowest BCUT2D eigenvalue weighted by Gasteiger charge is -2.18. The van der Waals surface area contributed by atoms with Crippen molar-refractivity contribution in [3.63, 3.8) is 0 Å². The maximum absolute atomic E-state index is 5.78. The van der Waals surface area contributed by atoms with Crippen LogP contribution in [0.3, 0.4) is 0 Å². The zero-order chi connectivity index (χ0) is 13.3. The quantitative estimate of drug-likeness (QED) is 0.902. The molecule has 0 aliphatic rings. The highest BCUT2D eigenvalue weighted by atomic mass is 35.5. The summed E-state index contributed by atoms with van der Waals surface area (Å²) in [5.41, 5.74) is 8.89. The number of hydrogen-bond acceptors (Lipinski definition) is 5. The zero-order valence-corrected chi connectivity index (χ0v) is 11.2. The maximum Gasteiger partial charge on any atom is 0.235 e. The van der Waals surface area contributed by atoms with E-state index < -0.39 is 0 Å². The molecule has 0 spiro atoms. The molecule has 0 amide bonds. The van der Waals surface area contributed by atoms with E-state index in [2.05, 4.69) is 21.0 Å². The minimum atomic E-state index is 0.0914. The molecule has 0 unspecified atom stereocenters. The van der Waals surface area contributed by atoms with Crippen LogP contribution in [0.2, 0.25) is 5.28 Å². The standard InChI is InChI=1S/C12H14ClN5/c1-7-4-8(2)6-9(5-7)18(3)12-16-10(13)15-11(14)17-12/h4-6H,1-3H3,(H2,14,15,16,17). The Labute approximate surface area is 111 Å². The summed E-state index contributed by atoms with van der Waals surface area (Å²) in [4.78, 5) is 13.7. The van der Waals surface area contributed by atoms with E-state index in [1.165, 1.54) is 11.1 Å². The van der Waals surface area contributed by atoms with E-state index in [4.69, 9.17) is 17.3 Å². The maximum atomic E-state index is 5.78. The van der Waals surface area contributed by atoms with Crippen LogP contribution in [0, 0.1) is 13.8 Å². The van der Waals surface area contributed by atoms with Gasteiger partial charge in [-0.3, -0.25) is 0 Å². The van der Waals surface area contributed by atoms with Crippen molar-refractivity contribution in [3.05, 3.63) is 34.6 Å². The van der Waals surface area contributed by atoms with Gasteiger partial charge in [-0.15, -0.1) is 0 Å². The van der Waals surface area contributed by atoms with Gasteiger partial charge in [-0.1, -0.05) is 6.07 Å². The van der Waals surface area contributed by atoms with Crippen LogP contribution in [0.15, 0.2) is 18.2 Å². The van der Waals surface area contributed by atoms with Crippen LogP contribution in [0.5, 0.6) is 0 Å². The second kappa shape index (κ2) is 4.78. The average molecular weight is 264 g/mol. The molecule has 94 valence electrons. The first-order valence-electron chi connectivity index (χ1n) is 5.45. The molecule has 5 nitrogen and oxygen atoms in total. The second-order valence-corrected chi connectivity index (χ2v) is 4.51. The third kappa shape index (κ3) is 2.68. The largest absolute Gasteiger partial charge is 0.368 e. The summed E-state index contributed by atoms with van der Waals surface area (Å²) in [5.74, 6) is 0.540. The van der Waals surface area contributed by atoms with Gasteiger partial charge >= 0.3 is 0 Å². The monoisotopic (exact) mass is 263 g/mol. The predicted molar refractivity (Wildman–Crippen MR) is 73.2 cm³/mol. The molecular formula is C12H14ClN5. The molecule has 0 saturated carbocycles. The van der Waals surface area contributed by atoms with Gasteiger partial charge in [0.25, 0.3) is 0 Å². The molecule has 0 bridgehead atoms. The lowest BCUT2D eigenvalue weighted by atomic mass is 10.1. The highest BCUT2D eigenvalue weighted by molar-refractivity contribution is 6.28. The van der Waals surface area contributed by atoms with Crippen molar-refractivity contribution in [1.29, 1.82) is 0 Å². The highest BCUT2D eigenvalue weighted by Crippen LogP contribution is 2.23. The van der Waals surface area contributed by atoms with E-state index in [0.29, 0.717) is 5.95 Å². The van der Waals surface area contributed by atoms with Gasteiger partial charge in [0.2, 0.25) is 17.2 Å². The summed E-state index contributed by atoms with van der Waals surface area (Å²) in [6, 6.07) is 6.19. The van der Waals surface area contributed by atoms with Crippen LogP contribution >= 0.6 is 11.6 Å². The molecule has 0 saturated heterocycles. The minimum Gasteiger partial charge on any atom is -0.368 e. The number of nitrogens with zero attached hydrogens (tertiary/aromatic N) is 4. The van der Waals surface area contributed by atoms with Crippen LogP contribution in [0.25, 0.3) is 0 Å². The highest BCUT2D eigenvalue weighted by Gasteiger charge is 2.10. The van der Waals surface area contributed by atoms with Crippen molar-refractivity contribution in [1.82, 2.24) is 15.0 Å². The van der Waals surface area contributed by atoms with E-state index in [9.17, 15) is 0 Å². The molecule has 0 fully saturated rings. The van der Waals surface area contributed by atoms with Crippen molar-refractivity contribution in [3.8, 4) is 0 Å². The van der Waals surface area contributed by atoms with Gasteiger partial charge in [-0.2, -0.15) is 15.0 Å². The molecule has 0 radical (unpaired) electrons. The Bertz CT molecular complexity index is 493. The normalized spacial score (nSPS) is 10.4. The Morgan fingerprint density at radius 2 is 1.67 bits per heavy atom. The molecule has 1 heterocycles. The Hall–Kier alpha value is -1.88. The molecule has 0 aliphatic heterocycles. The SMILES string of the molecule is Cc1cc(C)cc(N(C)c2nc(N)nc(Cl)n2)c1. The molecule has 2 rings (SSSR count). The Balaban J connectivity index is 2.43. The number of aryl methyl sites for hydroxylation is 2. The number of nitrogen functional groups attached to an aromatic ring is 1. The van der Waals surface area contributed by atoms with E-state index in [0.717, 1.165) is 5.69 Å². The average Bonchev–Trinajstić information content (AvgIpc) is 2.25. The van der Waals surface area contributed by atoms with Gasteiger partial charge in [0, 0.05) is 12.7 Å². The van der Waals surface area contributed by atoms with Crippen molar-refractivity contribution < 1.29 is 0 Å². The van der Waals surface area contributed by atoms with Gasteiger partial charge in [-0.25, -0.2) is 0 Å². The van der Waals surface area contributed by atoms with Gasteiger partial charge in [0.1, 0.15) is 0 Å². The number of hydrogen-bond donors (Lipinski definition) is 1. The van der Waals surface area contributed by atoms with Crippen LogP contribution in [0.1, 0.15) is 11.1 Å². The van der Waals surface area contributed by atoms with Crippen molar-refractivity contribution >= 4 is 29.2 Å². The molecule has 0 atom stereocenters. The Morgan fingerprint density at radius 3 is 2.22 bits per heavy atom. The molecule has 1 aromatic carbocycles. The van der Waals surface area contributed by atoms with Crippen LogP contribution in [-0.2, 0) is 0 Å². The molecule has 18 heavy (non-hydrogen) atoms. The number of anilines is 3. The number of rotatable bonds is 2. The summed E-state index contributed by atoms with van der Waals surface area (Å²) in [5, 5.41) is 0.0914. The summed E-state index contributed by atoms with van der Waals surface area (Å²) in [6.45, 7) is 4.08. The number of nitrogens with two attached hydrogens (primary N) is 1. The minimum absolute atomic E-state index is 0.0914. The molecule has 0 aliphatic carbocycles. The summed E-state index contributed by atoms with van der Waals surface area (Å²) in [6.07, 6.45) is 0. The third-order valence-corrected chi connectivity index (χ3v) is 2.68. The fourth-order valence-electron chi connectivity index (χ4n) is 1.76. The molecule has 2 aromatic rings. The molecular weight excluding hydrogens is 250 g/mol. The number of benzene rings is 1. The van der Waals surface area contributed by atoms with Gasteiger partial charge in [-0.05, 0) is 48.7 Å². The van der Waals surface area contributed by atoms with E-state index in [-0.39, 0.29) is 11.2 Å². The fraction of sp³-hybridized carbons (Fsp3) is 0.250. The van der Waals surface area contributed by atoms with E-state index >= 15 is 0 Å². The Kier molecular flexibility index (Phi) is 3.34. The van der Waals surface area contributed by atoms with Gasteiger partial charge < -0.3 is 10.6 Å². The number of halogens is 1. The lowest BCUT2D eigenvalue weighted by molar-refractivity contribution is 0.994. The van der Waals surface area contributed by atoms with Crippen molar-refractivity contribution in [2.75, 3.05) is 17.7 Å². The van der Waals surface area contributed by atoms with E-state index in [1.54, 1.807) is 0 Å². The van der Waals surface area contributed by atoms with E-state index in [1.807, 2.05) is 37.9 Å². The molecule has 6 heteroatoms. The first kappa shape index (κ1) is 12.6. The lowest BCUT2D eigenvalue weighted by Crippen LogP contribution is -2.15. The number of aromatic nitrogens is 3. The zero-order valence-electron chi connectivity index (χ0n) is 10.5. The summed E-state index contributed by atoms with van der Waals surface area (Å²) in [7, 11) is 1.86. The third-order valence-electron chi connectivity index (χ3n) is 2.51. The second-order valence-electron chi connectivity index (χ2n) is 4.17. The fourth-order valence-corrected chi connectivity index (χ4v) is 1.93. The molecule has 2 N–H and O–H groups in total. The van der Waals surface area contributed by atoms with Crippen LogP contribution < -0.4 is 10.6 Å². The summed E-state index contributed by atoms with van der Waals surface area (Å²) >= 11 is 5.78. The first-order chi connectivity index (χ1) is 8.45. The topological polar surface area (TPSA) is 67.9 Å². The van der Waals surface area contributed by atoms with Crippen molar-refractivity contribution in [2.24, 2.45) is 0 Å². The summed E-state index contributed by atoms with van der Waals surface area (Å²) < 4.78 is 0. The first-order valence-corrected chi connectivity index (χ1v) is 5.82. The predicted octanol–water partition coefficient (Wildman–Crippen LogP) is 2.49. The van der Waals surface area contributed by atoms with Gasteiger partial charge in [0.15, 0.2) is 0 Å². The van der Waals surface area contributed by atoms with Crippen LogP contribution in [0.4, 0.5) is 17.6 Å². The van der Waals surface area contributed by atoms with Crippen LogP contribution in [-0.4, -0.2) is 22.0 Å². The smallest absolute Gasteiger partial charge is 0.235 e. The van der Waals surface area contributed by atoms with Crippen molar-refractivity contribution in [2.45, 2.75) is 13.8 Å². The van der Waals surface area contributed by atoms with Gasteiger partial charge in [0.05, 0.1) is 0 Å².